The van der Waals surface area contributed by atoms with E-state index in [9.17, 15) is 4.79 Å². The van der Waals surface area contributed by atoms with E-state index in [1.54, 1.807) is 20.3 Å². The number of aromatic nitrogens is 1. The van der Waals surface area contributed by atoms with E-state index in [0.717, 1.165) is 34.2 Å². The van der Waals surface area contributed by atoms with Crippen LogP contribution < -0.4 is 14.2 Å². The van der Waals surface area contributed by atoms with Crippen LogP contribution in [0, 0.1) is 0 Å². The van der Waals surface area contributed by atoms with Crippen LogP contribution in [0.25, 0.3) is 21.2 Å². The number of hydrogen-bond donors (Lipinski definition) is 0. The average molecular weight is 439 g/mol. The van der Waals surface area contributed by atoms with Crippen molar-refractivity contribution in [2.24, 2.45) is 0 Å². The molecule has 0 atom stereocenters. The van der Waals surface area contributed by atoms with E-state index in [1.807, 2.05) is 41.3 Å². The highest BCUT2D eigenvalue weighted by Gasteiger charge is 2.27. The quantitative estimate of drug-likeness (QED) is 0.448. The van der Waals surface area contributed by atoms with Crippen LogP contribution in [0.1, 0.15) is 23.4 Å². The largest absolute Gasteiger partial charge is 0.497 e. The predicted octanol–water partition coefficient (Wildman–Crippen LogP) is 4.74. The SMILES string of the molecule is COc1ccc2nc(OC3CCN(C(=O)c4cc5cccc(OC)c5o4)CC3)sc2c1. The molecule has 8 heteroatoms. The first-order valence-corrected chi connectivity index (χ1v) is 10.9. The van der Waals surface area contributed by atoms with Crippen molar-refractivity contribution in [2.75, 3.05) is 27.3 Å². The maximum Gasteiger partial charge on any atom is 0.289 e. The number of rotatable bonds is 5. The lowest BCUT2D eigenvalue weighted by Crippen LogP contribution is -2.41. The third-order valence-corrected chi connectivity index (χ3v) is 6.42. The van der Waals surface area contributed by atoms with Gasteiger partial charge in [0, 0.05) is 31.3 Å². The molecule has 0 radical (unpaired) electrons. The minimum atomic E-state index is -0.108. The third-order valence-electron chi connectivity index (χ3n) is 5.51. The molecule has 4 aromatic rings. The van der Waals surface area contributed by atoms with Crippen LogP contribution >= 0.6 is 11.3 Å². The van der Waals surface area contributed by atoms with E-state index in [2.05, 4.69) is 4.98 Å². The molecule has 0 unspecified atom stereocenters. The molecule has 31 heavy (non-hydrogen) atoms. The van der Waals surface area contributed by atoms with E-state index in [0.29, 0.717) is 35.4 Å². The minimum absolute atomic E-state index is 0.0299. The zero-order chi connectivity index (χ0) is 21.4. The van der Waals surface area contributed by atoms with Crippen molar-refractivity contribution >= 4 is 38.4 Å². The molecule has 0 spiro atoms. The van der Waals surface area contributed by atoms with E-state index < -0.39 is 0 Å². The van der Waals surface area contributed by atoms with Gasteiger partial charge in [-0.3, -0.25) is 4.79 Å². The minimum Gasteiger partial charge on any atom is -0.497 e. The molecule has 0 aliphatic carbocycles. The van der Waals surface area contributed by atoms with Gasteiger partial charge in [-0.05, 0) is 30.3 Å². The number of furan rings is 1. The number of methoxy groups -OCH3 is 2. The molecule has 1 fully saturated rings. The van der Waals surface area contributed by atoms with Gasteiger partial charge in [0.15, 0.2) is 17.1 Å². The normalized spacial score (nSPS) is 14.8. The third kappa shape index (κ3) is 3.79. The molecule has 0 saturated carbocycles. The highest BCUT2D eigenvalue weighted by Crippen LogP contribution is 2.33. The lowest BCUT2D eigenvalue weighted by molar-refractivity contribution is 0.0568. The number of carbonyl (C=O) groups is 1. The lowest BCUT2D eigenvalue weighted by atomic mass is 10.1. The number of ether oxygens (including phenoxy) is 3. The number of thiazole rings is 1. The number of fused-ring (bicyclic) bond motifs is 2. The molecular weight excluding hydrogens is 416 g/mol. The fourth-order valence-electron chi connectivity index (χ4n) is 3.84. The second-order valence-corrected chi connectivity index (χ2v) is 8.41. The van der Waals surface area contributed by atoms with Crippen molar-refractivity contribution in [2.45, 2.75) is 18.9 Å². The Balaban J connectivity index is 1.23. The van der Waals surface area contributed by atoms with Crippen LogP contribution in [0.15, 0.2) is 46.9 Å². The van der Waals surface area contributed by atoms with Gasteiger partial charge in [0.2, 0.25) is 0 Å². The van der Waals surface area contributed by atoms with E-state index >= 15 is 0 Å². The first kappa shape index (κ1) is 19.7. The second kappa shape index (κ2) is 8.11. The molecule has 2 aromatic carbocycles. The van der Waals surface area contributed by atoms with Crippen LogP contribution in [-0.2, 0) is 0 Å². The number of likely N-dealkylation sites (tertiary alicyclic amines) is 1. The molecule has 0 N–H and O–H groups in total. The van der Waals surface area contributed by atoms with Crippen LogP contribution in [0.5, 0.6) is 16.7 Å². The van der Waals surface area contributed by atoms with Crippen molar-refractivity contribution in [3.8, 4) is 16.7 Å². The lowest BCUT2D eigenvalue weighted by Gasteiger charge is -2.31. The molecule has 1 saturated heterocycles. The number of amides is 1. The number of nitrogens with zero attached hydrogens (tertiary/aromatic N) is 2. The molecular formula is C23H22N2O5S. The maximum atomic E-state index is 12.9. The van der Waals surface area contributed by atoms with E-state index in [1.165, 1.54) is 11.3 Å². The molecule has 5 rings (SSSR count). The van der Waals surface area contributed by atoms with Gasteiger partial charge in [0.1, 0.15) is 11.9 Å². The number of piperidine rings is 1. The summed E-state index contributed by atoms with van der Waals surface area (Å²) in [5.41, 5.74) is 1.49. The monoisotopic (exact) mass is 438 g/mol. The molecule has 0 bridgehead atoms. The van der Waals surface area contributed by atoms with Crippen LogP contribution in [-0.4, -0.2) is 49.2 Å². The summed E-state index contributed by atoms with van der Waals surface area (Å²) < 4.78 is 23.6. The second-order valence-electron chi connectivity index (χ2n) is 7.41. The number of para-hydroxylation sites is 1. The zero-order valence-electron chi connectivity index (χ0n) is 17.3. The van der Waals surface area contributed by atoms with Crippen molar-refractivity contribution in [3.63, 3.8) is 0 Å². The standard InChI is InChI=1S/C23H22N2O5S/c1-27-16-6-7-17-20(13-16)31-23(24-17)29-15-8-10-25(11-9-15)22(26)19-12-14-4-3-5-18(28-2)21(14)30-19/h3-7,12-13,15H,8-11H2,1-2H3. The Morgan fingerprint density at radius 1 is 1.13 bits per heavy atom. The van der Waals surface area contributed by atoms with Gasteiger partial charge in [-0.15, -0.1) is 0 Å². The fourth-order valence-corrected chi connectivity index (χ4v) is 4.75. The smallest absolute Gasteiger partial charge is 0.289 e. The molecule has 7 nitrogen and oxygen atoms in total. The number of benzene rings is 2. The molecule has 1 amide bonds. The Kier molecular flexibility index (Phi) is 5.15. The number of hydrogen-bond acceptors (Lipinski definition) is 7. The highest BCUT2D eigenvalue weighted by atomic mass is 32.1. The molecule has 1 aliphatic heterocycles. The molecule has 160 valence electrons. The Bertz CT molecular complexity index is 1240. The topological polar surface area (TPSA) is 74.0 Å². The fraction of sp³-hybridized carbons (Fsp3) is 0.304. The van der Waals surface area contributed by atoms with Crippen LogP contribution in [0.2, 0.25) is 0 Å². The summed E-state index contributed by atoms with van der Waals surface area (Å²) in [6.07, 6.45) is 1.52. The average Bonchev–Trinajstić information content (AvgIpc) is 3.42. The Hall–Kier alpha value is -3.26. The van der Waals surface area contributed by atoms with E-state index in [4.69, 9.17) is 18.6 Å². The summed E-state index contributed by atoms with van der Waals surface area (Å²) >= 11 is 1.51. The molecule has 2 aromatic heterocycles. The highest BCUT2D eigenvalue weighted by molar-refractivity contribution is 7.20. The predicted molar refractivity (Wildman–Crippen MR) is 118 cm³/mol. The first-order valence-electron chi connectivity index (χ1n) is 10.1. The first-order chi connectivity index (χ1) is 15.1. The summed E-state index contributed by atoms with van der Waals surface area (Å²) in [7, 11) is 3.24. The van der Waals surface area contributed by atoms with Crippen molar-refractivity contribution < 1.29 is 23.4 Å². The zero-order valence-corrected chi connectivity index (χ0v) is 18.1. The van der Waals surface area contributed by atoms with Crippen molar-refractivity contribution in [3.05, 3.63) is 48.2 Å². The van der Waals surface area contributed by atoms with Gasteiger partial charge in [-0.2, -0.15) is 0 Å². The van der Waals surface area contributed by atoms with Gasteiger partial charge in [0.25, 0.3) is 11.1 Å². The van der Waals surface area contributed by atoms with Crippen LogP contribution in [0.3, 0.4) is 0 Å². The Labute approximate surface area is 183 Å². The van der Waals surface area contributed by atoms with Gasteiger partial charge in [-0.1, -0.05) is 23.5 Å². The van der Waals surface area contributed by atoms with E-state index in [-0.39, 0.29) is 12.0 Å². The summed E-state index contributed by atoms with van der Waals surface area (Å²) in [5, 5.41) is 1.51. The maximum absolute atomic E-state index is 12.9. The Morgan fingerprint density at radius 2 is 1.97 bits per heavy atom. The Morgan fingerprint density at radius 3 is 2.74 bits per heavy atom. The van der Waals surface area contributed by atoms with Crippen molar-refractivity contribution in [1.29, 1.82) is 0 Å². The van der Waals surface area contributed by atoms with Crippen molar-refractivity contribution in [1.82, 2.24) is 9.88 Å². The summed E-state index contributed by atoms with van der Waals surface area (Å²) in [6.45, 7) is 1.22. The van der Waals surface area contributed by atoms with Crippen LogP contribution in [0.4, 0.5) is 0 Å². The van der Waals surface area contributed by atoms with Gasteiger partial charge < -0.3 is 23.5 Å². The van der Waals surface area contributed by atoms with Gasteiger partial charge >= 0.3 is 0 Å². The summed E-state index contributed by atoms with van der Waals surface area (Å²) in [4.78, 5) is 19.3. The number of carbonyl (C=O) groups excluding carboxylic acids is 1. The van der Waals surface area contributed by atoms with Gasteiger partial charge in [-0.25, -0.2) is 4.98 Å². The molecule has 1 aliphatic rings. The summed E-state index contributed by atoms with van der Waals surface area (Å²) in [5.74, 6) is 1.65. The summed E-state index contributed by atoms with van der Waals surface area (Å²) in [6, 6.07) is 13.2. The molecule has 3 heterocycles. The van der Waals surface area contributed by atoms with Gasteiger partial charge in [0.05, 0.1) is 24.4 Å².